The summed E-state index contributed by atoms with van der Waals surface area (Å²) in [6, 6.07) is 16.2. The highest BCUT2D eigenvalue weighted by atomic mass is 32.2. The number of carbonyl (C=O) groups is 1. The van der Waals surface area contributed by atoms with Gasteiger partial charge in [0.1, 0.15) is 5.82 Å². The molecule has 3 rings (SSSR count). The van der Waals surface area contributed by atoms with Crippen LogP contribution in [0.4, 0.5) is 15.8 Å². The zero-order valence-electron chi connectivity index (χ0n) is 15.5. The lowest BCUT2D eigenvalue weighted by Gasteiger charge is -2.10. The summed E-state index contributed by atoms with van der Waals surface area (Å²) in [5.74, 6) is -0.854. The van der Waals surface area contributed by atoms with Crippen LogP contribution in [0.2, 0.25) is 0 Å². The van der Waals surface area contributed by atoms with E-state index in [1.54, 1.807) is 24.3 Å². The third kappa shape index (κ3) is 4.98. The van der Waals surface area contributed by atoms with Crippen LogP contribution >= 0.6 is 0 Å². The van der Waals surface area contributed by atoms with Crippen molar-refractivity contribution in [1.82, 2.24) is 0 Å². The van der Waals surface area contributed by atoms with E-state index in [2.05, 4.69) is 10.0 Å². The topological polar surface area (TPSA) is 95.5 Å². The van der Waals surface area contributed by atoms with E-state index in [-0.39, 0.29) is 28.7 Å². The smallest absolute Gasteiger partial charge is 0.261 e. The molecule has 0 atom stereocenters. The minimum Gasteiger partial charge on any atom is -0.392 e. The highest BCUT2D eigenvalue weighted by molar-refractivity contribution is 7.92. The molecule has 0 aliphatic rings. The first-order valence-corrected chi connectivity index (χ1v) is 10.2. The van der Waals surface area contributed by atoms with Crippen LogP contribution in [0, 0.1) is 12.7 Å². The van der Waals surface area contributed by atoms with Crippen molar-refractivity contribution in [3.8, 4) is 0 Å². The lowest BCUT2D eigenvalue weighted by molar-refractivity contribution is 0.102. The van der Waals surface area contributed by atoms with Crippen LogP contribution in [-0.2, 0) is 16.6 Å². The van der Waals surface area contributed by atoms with Crippen LogP contribution in [0.3, 0.4) is 0 Å². The second-order valence-corrected chi connectivity index (χ2v) is 8.09. The lowest BCUT2D eigenvalue weighted by Crippen LogP contribution is -2.14. The first-order chi connectivity index (χ1) is 13.8. The van der Waals surface area contributed by atoms with E-state index in [1.165, 1.54) is 43.3 Å². The molecule has 0 aliphatic heterocycles. The molecule has 29 heavy (non-hydrogen) atoms. The summed E-state index contributed by atoms with van der Waals surface area (Å²) in [7, 11) is -3.88. The molecule has 0 saturated heterocycles. The Morgan fingerprint density at radius 3 is 2.38 bits per heavy atom. The maximum Gasteiger partial charge on any atom is 0.261 e. The standard InChI is InChI=1S/C21H19FN2O4S/c1-14-11-19(9-10-20(14)22)29(27,28)24-17-7-5-16(6-8-17)21(26)23-18-4-2-3-15(12-18)13-25/h2-12,24-25H,13H2,1H3,(H,23,26). The van der Waals surface area contributed by atoms with Gasteiger partial charge >= 0.3 is 0 Å². The first-order valence-electron chi connectivity index (χ1n) is 8.69. The van der Waals surface area contributed by atoms with Crippen LogP contribution in [0.25, 0.3) is 0 Å². The van der Waals surface area contributed by atoms with Crippen LogP contribution in [0.15, 0.2) is 71.6 Å². The van der Waals surface area contributed by atoms with Crippen LogP contribution in [0.1, 0.15) is 21.5 Å². The van der Waals surface area contributed by atoms with E-state index in [9.17, 15) is 17.6 Å². The van der Waals surface area contributed by atoms with Gasteiger partial charge in [-0.2, -0.15) is 0 Å². The average Bonchev–Trinajstić information content (AvgIpc) is 2.70. The van der Waals surface area contributed by atoms with Crippen LogP contribution in [0.5, 0.6) is 0 Å². The SMILES string of the molecule is Cc1cc(S(=O)(=O)Nc2ccc(C(=O)Nc3cccc(CO)c3)cc2)ccc1F. The Bertz CT molecular complexity index is 1150. The summed E-state index contributed by atoms with van der Waals surface area (Å²) in [6.07, 6.45) is 0. The van der Waals surface area contributed by atoms with E-state index < -0.39 is 15.8 Å². The van der Waals surface area contributed by atoms with E-state index in [0.29, 0.717) is 16.8 Å². The largest absolute Gasteiger partial charge is 0.392 e. The van der Waals surface area contributed by atoms with Gasteiger partial charge in [0.2, 0.25) is 0 Å². The van der Waals surface area contributed by atoms with Crippen molar-refractivity contribution in [2.45, 2.75) is 18.4 Å². The van der Waals surface area contributed by atoms with Crippen molar-refractivity contribution < 1.29 is 22.7 Å². The van der Waals surface area contributed by atoms with Gasteiger partial charge in [-0.3, -0.25) is 9.52 Å². The van der Waals surface area contributed by atoms with Crippen molar-refractivity contribution in [3.05, 3.63) is 89.2 Å². The molecular formula is C21H19FN2O4S. The highest BCUT2D eigenvalue weighted by Crippen LogP contribution is 2.20. The highest BCUT2D eigenvalue weighted by Gasteiger charge is 2.16. The molecule has 150 valence electrons. The third-order valence-electron chi connectivity index (χ3n) is 4.21. The molecule has 0 fully saturated rings. The molecule has 0 bridgehead atoms. The number of anilines is 2. The molecule has 0 radical (unpaired) electrons. The molecule has 3 aromatic carbocycles. The predicted octanol–water partition coefficient (Wildman–Crippen LogP) is 3.68. The second-order valence-electron chi connectivity index (χ2n) is 6.41. The molecule has 0 unspecified atom stereocenters. The van der Waals surface area contributed by atoms with Crippen LogP contribution in [-0.4, -0.2) is 19.4 Å². The Balaban J connectivity index is 1.72. The van der Waals surface area contributed by atoms with Crippen molar-refractivity contribution in [2.24, 2.45) is 0 Å². The monoisotopic (exact) mass is 414 g/mol. The maximum absolute atomic E-state index is 13.4. The van der Waals surface area contributed by atoms with Gasteiger partial charge in [-0.25, -0.2) is 12.8 Å². The van der Waals surface area contributed by atoms with E-state index in [1.807, 2.05) is 0 Å². The fourth-order valence-electron chi connectivity index (χ4n) is 2.64. The molecule has 0 spiro atoms. The second kappa shape index (κ2) is 8.42. The van der Waals surface area contributed by atoms with Crippen molar-refractivity contribution >= 4 is 27.3 Å². The molecule has 0 heterocycles. The summed E-state index contributed by atoms with van der Waals surface area (Å²) in [5, 5.41) is 11.9. The van der Waals surface area contributed by atoms with Crippen LogP contribution < -0.4 is 10.0 Å². The molecule has 3 N–H and O–H groups in total. The fraction of sp³-hybridized carbons (Fsp3) is 0.0952. The Morgan fingerprint density at radius 2 is 1.72 bits per heavy atom. The summed E-state index contributed by atoms with van der Waals surface area (Å²) in [5.41, 5.74) is 2.04. The molecule has 0 aliphatic carbocycles. The maximum atomic E-state index is 13.4. The molecule has 0 aromatic heterocycles. The number of aryl methyl sites for hydroxylation is 1. The molecular weight excluding hydrogens is 395 g/mol. The Kier molecular flexibility index (Phi) is 5.95. The first kappa shape index (κ1) is 20.5. The van der Waals surface area contributed by atoms with Gasteiger partial charge in [-0.15, -0.1) is 0 Å². The fourth-order valence-corrected chi connectivity index (χ4v) is 3.78. The molecule has 8 heteroatoms. The minimum atomic E-state index is -3.88. The minimum absolute atomic E-state index is 0.0537. The number of aliphatic hydroxyl groups excluding tert-OH is 1. The van der Waals surface area contributed by atoms with Gasteiger partial charge in [0.15, 0.2) is 0 Å². The number of nitrogens with one attached hydrogen (secondary N) is 2. The number of halogens is 1. The zero-order valence-corrected chi connectivity index (χ0v) is 16.3. The average molecular weight is 414 g/mol. The van der Waals surface area contributed by atoms with E-state index in [4.69, 9.17) is 5.11 Å². The van der Waals surface area contributed by atoms with Gasteiger partial charge < -0.3 is 10.4 Å². The number of aliphatic hydroxyl groups is 1. The lowest BCUT2D eigenvalue weighted by atomic mass is 10.1. The number of benzene rings is 3. The summed E-state index contributed by atoms with van der Waals surface area (Å²) >= 11 is 0. The van der Waals surface area contributed by atoms with Crippen molar-refractivity contribution in [1.29, 1.82) is 0 Å². The zero-order chi connectivity index (χ0) is 21.0. The van der Waals surface area contributed by atoms with Gasteiger partial charge in [0, 0.05) is 16.9 Å². The Labute approximate surface area is 168 Å². The van der Waals surface area contributed by atoms with Crippen molar-refractivity contribution in [2.75, 3.05) is 10.0 Å². The number of amides is 1. The normalized spacial score (nSPS) is 11.1. The van der Waals surface area contributed by atoms with Crippen molar-refractivity contribution in [3.63, 3.8) is 0 Å². The molecule has 0 saturated carbocycles. The van der Waals surface area contributed by atoms with E-state index >= 15 is 0 Å². The summed E-state index contributed by atoms with van der Waals surface area (Å²) in [6.45, 7) is 1.35. The Hall–Kier alpha value is -3.23. The molecule has 3 aromatic rings. The quantitative estimate of drug-likeness (QED) is 0.573. The Morgan fingerprint density at radius 1 is 1.00 bits per heavy atom. The van der Waals surface area contributed by atoms with Gasteiger partial charge in [-0.1, -0.05) is 12.1 Å². The molecule has 1 amide bonds. The predicted molar refractivity (Wildman–Crippen MR) is 109 cm³/mol. The summed E-state index contributed by atoms with van der Waals surface area (Å²) in [4.78, 5) is 12.3. The molecule has 6 nitrogen and oxygen atoms in total. The number of carbonyl (C=O) groups excluding carboxylic acids is 1. The number of hydrogen-bond donors (Lipinski definition) is 3. The number of rotatable bonds is 6. The van der Waals surface area contributed by atoms with Gasteiger partial charge in [0.25, 0.3) is 15.9 Å². The third-order valence-corrected chi connectivity index (χ3v) is 5.59. The summed E-state index contributed by atoms with van der Waals surface area (Å²) < 4.78 is 40.7. The van der Waals surface area contributed by atoms with Gasteiger partial charge in [-0.05, 0) is 72.6 Å². The van der Waals surface area contributed by atoms with E-state index in [0.717, 1.165) is 6.07 Å². The van der Waals surface area contributed by atoms with Gasteiger partial charge in [0.05, 0.1) is 11.5 Å². The number of hydrogen-bond acceptors (Lipinski definition) is 4. The number of sulfonamides is 1.